The van der Waals surface area contributed by atoms with Gasteiger partial charge in [-0.25, -0.2) is 8.42 Å². The van der Waals surface area contributed by atoms with Crippen molar-refractivity contribution in [3.05, 3.63) is 83.9 Å². The molecule has 4 aromatic rings. The van der Waals surface area contributed by atoms with Gasteiger partial charge in [-0.3, -0.25) is 4.79 Å². The van der Waals surface area contributed by atoms with Gasteiger partial charge in [0.2, 0.25) is 15.8 Å². The largest absolute Gasteiger partial charge is 0.336 e. The molecule has 10 heteroatoms. The van der Waals surface area contributed by atoms with Gasteiger partial charge in [0, 0.05) is 37.3 Å². The van der Waals surface area contributed by atoms with E-state index in [4.69, 9.17) is 0 Å². The van der Waals surface area contributed by atoms with Crippen LogP contribution in [0.4, 0.5) is 0 Å². The van der Waals surface area contributed by atoms with Crippen LogP contribution in [-0.4, -0.2) is 70.3 Å². The van der Waals surface area contributed by atoms with Gasteiger partial charge in [0.1, 0.15) is 0 Å². The highest BCUT2D eigenvalue weighted by atomic mass is 32.2. The van der Waals surface area contributed by atoms with Crippen molar-refractivity contribution < 1.29 is 13.2 Å². The summed E-state index contributed by atoms with van der Waals surface area (Å²) >= 11 is 0. The number of hydrogen-bond acceptors (Lipinski definition) is 6. The van der Waals surface area contributed by atoms with E-state index in [2.05, 4.69) is 20.6 Å². The van der Waals surface area contributed by atoms with E-state index in [-0.39, 0.29) is 29.7 Å². The highest BCUT2D eigenvalue weighted by Crippen LogP contribution is 2.28. The number of aryl methyl sites for hydroxylation is 1. The number of amides is 1. The van der Waals surface area contributed by atoms with Gasteiger partial charge in [-0.1, -0.05) is 48.5 Å². The summed E-state index contributed by atoms with van der Waals surface area (Å²) in [4.78, 5) is 15.1. The van der Waals surface area contributed by atoms with Crippen LogP contribution in [0.1, 0.15) is 15.9 Å². The Morgan fingerprint density at radius 1 is 0.886 bits per heavy atom. The van der Waals surface area contributed by atoms with Crippen molar-refractivity contribution in [1.29, 1.82) is 0 Å². The van der Waals surface area contributed by atoms with Crippen molar-refractivity contribution in [3.8, 4) is 22.5 Å². The molecule has 1 aromatic heterocycles. The third kappa shape index (κ3) is 4.45. The zero-order chi connectivity index (χ0) is 24.4. The summed E-state index contributed by atoms with van der Waals surface area (Å²) in [5.74, 6) is 0.109. The molecule has 1 aliphatic heterocycles. The summed E-state index contributed by atoms with van der Waals surface area (Å²) in [5.41, 5.74) is 4.12. The molecule has 0 spiro atoms. The number of aromatic amines is 1. The molecular weight excluding hydrogens is 464 g/mol. The molecule has 0 aliphatic carbocycles. The molecule has 5 rings (SSSR count). The smallest absolute Gasteiger partial charge is 0.253 e. The molecule has 2 heterocycles. The van der Waals surface area contributed by atoms with Crippen LogP contribution in [0.25, 0.3) is 22.5 Å². The standard InChI is InChI=1S/C25H24N6O3S/c1-18-11-12-20(17-22(18)19-7-3-2-4-8-19)25(32)30-13-15-31(16-14-30)35(33,34)23-10-6-5-9-21(23)24-26-28-29-27-24/h2-12,17H,13-16H2,1H3,(H,26,27,28,29). The molecule has 35 heavy (non-hydrogen) atoms. The number of H-pyrrole nitrogens is 1. The van der Waals surface area contributed by atoms with Crippen molar-refractivity contribution in [3.63, 3.8) is 0 Å². The fourth-order valence-corrected chi connectivity index (χ4v) is 5.90. The first-order valence-corrected chi connectivity index (χ1v) is 12.7. The molecule has 0 atom stereocenters. The van der Waals surface area contributed by atoms with Crippen molar-refractivity contribution in [2.24, 2.45) is 0 Å². The topological polar surface area (TPSA) is 112 Å². The van der Waals surface area contributed by atoms with Crippen LogP contribution in [0.5, 0.6) is 0 Å². The Morgan fingerprint density at radius 3 is 2.31 bits per heavy atom. The lowest BCUT2D eigenvalue weighted by atomic mass is 9.97. The summed E-state index contributed by atoms with van der Waals surface area (Å²) in [6, 6.07) is 22.2. The fourth-order valence-electron chi connectivity index (χ4n) is 4.29. The summed E-state index contributed by atoms with van der Waals surface area (Å²) in [6.45, 7) is 3.03. The molecule has 0 radical (unpaired) electrons. The second-order valence-corrected chi connectivity index (χ2v) is 10.2. The van der Waals surface area contributed by atoms with Crippen molar-refractivity contribution >= 4 is 15.9 Å². The Hall–Kier alpha value is -3.89. The highest BCUT2D eigenvalue weighted by molar-refractivity contribution is 7.89. The van der Waals surface area contributed by atoms with E-state index in [1.54, 1.807) is 23.1 Å². The third-order valence-electron chi connectivity index (χ3n) is 6.19. The van der Waals surface area contributed by atoms with Gasteiger partial charge in [-0.15, -0.1) is 10.2 Å². The second-order valence-electron chi connectivity index (χ2n) is 8.32. The average molecular weight is 489 g/mol. The van der Waals surface area contributed by atoms with E-state index >= 15 is 0 Å². The third-order valence-corrected chi connectivity index (χ3v) is 8.14. The van der Waals surface area contributed by atoms with E-state index in [0.29, 0.717) is 24.2 Å². The lowest BCUT2D eigenvalue weighted by molar-refractivity contribution is 0.0698. The molecule has 1 aliphatic rings. The number of nitrogens with one attached hydrogen (secondary N) is 1. The zero-order valence-electron chi connectivity index (χ0n) is 19.1. The zero-order valence-corrected chi connectivity index (χ0v) is 19.9. The number of carbonyl (C=O) groups is 1. The van der Waals surface area contributed by atoms with Crippen molar-refractivity contribution in [2.45, 2.75) is 11.8 Å². The van der Waals surface area contributed by atoms with E-state index in [1.165, 1.54) is 10.4 Å². The Kier molecular flexibility index (Phi) is 6.14. The average Bonchev–Trinajstić information content (AvgIpc) is 3.44. The Balaban J connectivity index is 1.33. The fraction of sp³-hybridized carbons (Fsp3) is 0.200. The number of aromatic nitrogens is 4. The van der Waals surface area contributed by atoms with Gasteiger partial charge in [0.05, 0.1) is 4.90 Å². The lowest BCUT2D eigenvalue weighted by Gasteiger charge is -2.34. The summed E-state index contributed by atoms with van der Waals surface area (Å²) in [5, 5.41) is 13.7. The van der Waals surface area contributed by atoms with Crippen molar-refractivity contribution in [2.75, 3.05) is 26.2 Å². The first-order chi connectivity index (χ1) is 16.9. The minimum Gasteiger partial charge on any atom is -0.336 e. The van der Waals surface area contributed by atoms with Gasteiger partial charge in [0.15, 0.2) is 0 Å². The number of benzene rings is 3. The number of piperazine rings is 1. The van der Waals surface area contributed by atoms with Crippen LogP contribution in [0.3, 0.4) is 0 Å². The maximum Gasteiger partial charge on any atom is 0.253 e. The number of rotatable bonds is 5. The molecule has 0 saturated carbocycles. The predicted molar refractivity (Wildman–Crippen MR) is 131 cm³/mol. The molecule has 9 nitrogen and oxygen atoms in total. The van der Waals surface area contributed by atoms with Crippen LogP contribution in [-0.2, 0) is 10.0 Å². The molecule has 1 N–H and O–H groups in total. The molecule has 3 aromatic carbocycles. The van der Waals surface area contributed by atoms with Crippen molar-refractivity contribution in [1.82, 2.24) is 29.8 Å². The lowest BCUT2D eigenvalue weighted by Crippen LogP contribution is -2.50. The van der Waals surface area contributed by atoms with Crippen LogP contribution < -0.4 is 0 Å². The summed E-state index contributed by atoms with van der Waals surface area (Å²) < 4.78 is 28.3. The van der Waals surface area contributed by atoms with Gasteiger partial charge >= 0.3 is 0 Å². The number of hydrogen-bond donors (Lipinski definition) is 1. The monoisotopic (exact) mass is 488 g/mol. The van der Waals surface area contributed by atoms with E-state index < -0.39 is 10.0 Å². The molecule has 0 unspecified atom stereocenters. The predicted octanol–water partition coefficient (Wildman–Crippen LogP) is 2.99. The first-order valence-electron chi connectivity index (χ1n) is 11.2. The molecule has 178 valence electrons. The SMILES string of the molecule is Cc1ccc(C(=O)N2CCN(S(=O)(=O)c3ccccc3-c3nn[nH]n3)CC2)cc1-c1ccccc1. The van der Waals surface area contributed by atoms with E-state index in [9.17, 15) is 13.2 Å². The number of carbonyl (C=O) groups excluding carboxylic acids is 1. The Morgan fingerprint density at radius 2 is 1.60 bits per heavy atom. The number of tetrazole rings is 1. The second kappa shape index (κ2) is 9.40. The van der Waals surface area contributed by atoms with Crippen LogP contribution >= 0.6 is 0 Å². The minimum atomic E-state index is -3.81. The van der Waals surface area contributed by atoms with Crippen LogP contribution in [0.15, 0.2) is 77.7 Å². The summed E-state index contributed by atoms with van der Waals surface area (Å²) in [6.07, 6.45) is 0. The summed E-state index contributed by atoms with van der Waals surface area (Å²) in [7, 11) is -3.81. The normalized spacial score (nSPS) is 14.7. The van der Waals surface area contributed by atoms with Gasteiger partial charge < -0.3 is 4.90 Å². The quantitative estimate of drug-likeness (QED) is 0.462. The maximum absolute atomic E-state index is 13.4. The van der Waals surface area contributed by atoms with E-state index in [0.717, 1.165) is 16.7 Å². The first kappa shape index (κ1) is 22.9. The van der Waals surface area contributed by atoms with E-state index in [1.807, 2.05) is 55.5 Å². The molecular formula is C25H24N6O3S. The molecule has 1 amide bonds. The highest BCUT2D eigenvalue weighted by Gasteiger charge is 2.32. The number of sulfonamides is 1. The Labute approximate surface area is 203 Å². The van der Waals surface area contributed by atoms with Crippen LogP contribution in [0, 0.1) is 6.92 Å². The molecule has 1 fully saturated rings. The maximum atomic E-state index is 13.4. The van der Waals surface area contributed by atoms with Gasteiger partial charge in [0.25, 0.3) is 5.91 Å². The number of nitrogens with zero attached hydrogens (tertiary/aromatic N) is 5. The van der Waals surface area contributed by atoms with Gasteiger partial charge in [-0.05, 0) is 53.1 Å². The van der Waals surface area contributed by atoms with Gasteiger partial charge in [-0.2, -0.15) is 9.52 Å². The minimum absolute atomic E-state index is 0.105. The Bertz CT molecular complexity index is 1450. The van der Waals surface area contributed by atoms with Crippen LogP contribution in [0.2, 0.25) is 0 Å². The molecule has 1 saturated heterocycles. The molecule has 0 bridgehead atoms.